The molecule has 1 N–H and O–H groups in total. The summed E-state index contributed by atoms with van der Waals surface area (Å²) >= 11 is 0. The van der Waals surface area contributed by atoms with Crippen molar-refractivity contribution in [2.75, 3.05) is 11.9 Å². The Bertz CT molecular complexity index is 806. The molecule has 0 heterocycles. The van der Waals surface area contributed by atoms with E-state index in [0.29, 0.717) is 23.4 Å². The molecule has 5 nitrogen and oxygen atoms in total. The standard InChI is InChI=1S/C23H29NO4/c1-6-20(28-17-14-12-16(13-15-17)23(3,4)5)21(25)24-19-11-9-8-10-18(19)22(26)27-7-2/h8-15,20H,6-7H2,1-5H3,(H,24,25)/t20-/m0/s1. The third kappa shape index (κ3) is 5.59. The number of para-hydroxylation sites is 1. The molecule has 0 fully saturated rings. The average molecular weight is 383 g/mol. The Hall–Kier alpha value is -2.82. The molecule has 0 aromatic heterocycles. The number of carbonyl (C=O) groups is 2. The van der Waals surface area contributed by atoms with Gasteiger partial charge in [0, 0.05) is 0 Å². The van der Waals surface area contributed by atoms with Crippen LogP contribution in [0.4, 0.5) is 5.69 Å². The minimum Gasteiger partial charge on any atom is -0.481 e. The smallest absolute Gasteiger partial charge is 0.340 e. The fourth-order valence-electron chi connectivity index (χ4n) is 2.71. The fraction of sp³-hybridized carbons (Fsp3) is 0.391. The maximum Gasteiger partial charge on any atom is 0.340 e. The first-order valence-electron chi connectivity index (χ1n) is 9.60. The molecule has 2 aromatic carbocycles. The number of carbonyl (C=O) groups excluding carboxylic acids is 2. The average Bonchev–Trinajstić information content (AvgIpc) is 2.66. The summed E-state index contributed by atoms with van der Waals surface area (Å²) in [5.41, 5.74) is 1.98. The second-order valence-electron chi connectivity index (χ2n) is 7.54. The Balaban J connectivity index is 2.11. The lowest BCUT2D eigenvalue weighted by atomic mass is 9.87. The van der Waals surface area contributed by atoms with Crippen LogP contribution in [0.5, 0.6) is 5.75 Å². The topological polar surface area (TPSA) is 64.6 Å². The van der Waals surface area contributed by atoms with Crippen molar-refractivity contribution in [3.8, 4) is 5.75 Å². The van der Waals surface area contributed by atoms with Gasteiger partial charge in [0.2, 0.25) is 0 Å². The highest BCUT2D eigenvalue weighted by atomic mass is 16.5. The van der Waals surface area contributed by atoms with Crippen molar-refractivity contribution in [3.63, 3.8) is 0 Å². The molecule has 150 valence electrons. The molecular formula is C23H29NO4. The Kier molecular flexibility index (Phi) is 7.21. The van der Waals surface area contributed by atoms with Crippen LogP contribution in [-0.2, 0) is 14.9 Å². The van der Waals surface area contributed by atoms with Gasteiger partial charge in [0.1, 0.15) is 5.75 Å². The zero-order chi connectivity index (χ0) is 20.7. The van der Waals surface area contributed by atoms with Gasteiger partial charge in [-0.15, -0.1) is 0 Å². The number of benzene rings is 2. The predicted octanol–water partition coefficient (Wildman–Crippen LogP) is 4.96. The van der Waals surface area contributed by atoms with Crippen molar-refractivity contribution in [3.05, 3.63) is 59.7 Å². The van der Waals surface area contributed by atoms with Gasteiger partial charge in [0.15, 0.2) is 6.10 Å². The van der Waals surface area contributed by atoms with Crippen LogP contribution in [-0.4, -0.2) is 24.6 Å². The van der Waals surface area contributed by atoms with E-state index in [1.807, 2.05) is 31.2 Å². The molecule has 0 bridgehead atoms. The van der Waals surface area contributed by atoms with E-state index < -0.39 is 12.1 Å². The molecular weight excluding hydrogens is 354 g/mol. The second-order valence-corrected chi connectivity index (χ2v) is 7.54. The minimum atomic E-state index is -0.671. The van der Waals surface area contributed by atoms with E-state index in [2.05, 4.69) is 26.1 Å². The molecule has 0 unspecified atom stereocenters. The summed E-state index contributed by atoms with van der Waals surface area (Å²) in [4.78, 5) is 24.8. The second kappa shape index (κ2) is 9.40. The molecule has 2 aromatic rings. The molecule has 5 heteroatoms. The number of rotatable bonds is 7. The largest absolute Gasteiger partial charge is 0.481 e. The quantitative estimate of drug-likeness (QED) is 0.687. The normalized spacial score (nSPS) is 12.2. The van der Waals surface area contributed by atoms with Crippen molar-refractivity contribution < 1.29 is 19.1 Å². The van der Waals surface area contributed by atoms with Gasteiger partial charge in [0.25, 0.3) is 5.91 Å². The van der Waals surface area contributed by atoms with Crippen LogP contribution in [0.2, 0.25) is 0 Å². The molecule has 1 amide bonds. The third-order valence-corrected chi connectivity index (χ3v) is 4.34. The van der Waals surface area contributed by atoms with Crippen molar-refractivity contribution >= 4 is 17.6 Å². The summed E-state index contributed by atoms with van der Waals surface area (Å²) in [7, 11) is 0. The van der Waals surface area contributed by atoms with Crippen LogP contribution in [0.25, 0.3) is 0 Å². The van der Waals surface area contributed by atoms with Gasteiger partial charge in [-0.2, -0.15) is 0 Å². The van der Waals surface area contributed by atoms with Crippen molar-refractivity contribution in [1.29, 1.82) is 0 Å². The van der Waals surface area contributed by atoms with Gasteiger partial charge in [0.05, 0.1) is 17.9 Å². The van der Waals surface area contributed by atoms with Gasteiger partial charge in [-0.1, -0.05) is 52.0 Å². The van der Waals surface area contributed by atoms with Gasteiger partial charge >= 0.3 is 5.97 Å². The molecule has 28 heavy (non-hydrogen) atoms. The maximum atomic E-state index is 12.7. The van der Waals surface area contributed by atoms with Crippen LogP contribution in [0.15, 0.2) is 48.5 Å². The van der Waals surface area contributed by atoms with Crippen molar-refractivity contribution in [2.45, 2.75) is 52.6 Å². The first kappa shape index (κ1) is 21.5. The molecule has 0 saturated carbocycles. The van der Waals surface area contributed by atoms with E-state index in [-0.39, 0.29) is 17.9 Å². The summed E-state index contributed by atoms with van der Waals surface area (Å²) in [5.74, 6) is -0.141. The van der Waals surface area contributed by atoms with Gasteiger partial charge in [-0.3, -0.25) is 4.79 Å². The summed E-state index contributed by atoms with van der Waals surface area (Å²) in [6.45, 7) is 10.3. The highest BCUT2D eigenvalue weighted by Gasteiger charge is 2.22. The van der Waals surface area contributed by atoms with Gasteiger partial charge in [-0.25, -0.2) is 4.79 Å². The van der Waals surface area contributed by atoms with Gasteiger partial charge in [-0.05, 0) is 48.6 Å². The zero-order valence-electron chi connectivity index (χ0n) is 17.2. The SMILES string of the molecule is CCOC(=O)c1ccccc1NC(=O)[C@H](CC)Oc1ccc(C(C)(C)C)cc1. The monoisotopic (exact) mass is 383 g/mol. The maximum absolute atomic E-state index is 12.7. The van der Waals surface area contributed by atoms with Crippen LogP contribution in [0.3, 0.4) is 0 Å². The molecule has 0 saturated heterocycles. The molecule has 2 rings (SSSR count). The van der Waals surface area contributed by atoms with Gasteiger partial charge < -0.3 is 14.8 Å². The highest BCUT2D eigenvalue weighted by Crippen LogP contribution is 2.25. The Morgan fingerprint density at radius 2 is 1.64 bits per heavy atom. The van der Waals surface area contributed by atoms with E-state index >= 15 is 0 Å². The van der Waals surface area contributed by atoms with Crippen LogP contribution in [0.1, 0.15) is 57.0 Å². The van der Waals surface area contributed by atoms with E-state index in [1.165, 1.54) is 5.56 Å². The molecule has 0 radical (unpaired) electrons. The first-order chi connectivity index (χ1) is 13.3. The number of nitrogens with one attached hydrogen (secondary N) is 1. The van der Waals surface area contributed by atoms with E-state index in [0.717, 1.165) is 0 Å². The number of esters is 1. The van der Waals surface area contributed by atoms with Crippen molar-refractivity contribution in [1.82, 2.24) is 0 Å². The number of anilines is 1. The molecule has 0 aliphatic rings. The van der Waals surface area contributed by atoms with E-state index in [4.69, 9.17) is 9.47 Å². The minimum absolute atomic E-state index is 0.0525. The van der Waals surface area contributed by atoms with Crippen LogP contribution < -0.4 is 10.1 Å². The van der Waals surface area contributed by atoms with Crippen LogP contribution >= 0.6 is 0 Å². The number of amides is 1. The Labute approximate surface area is 167 Å². The molecule has 1 atom stereocenters. The third-order valence-electron chi connectivity index (χ3n) is 4.34. The van der Waals surface area contributed by atoms with E-state index in [1.54, 1.807) is 31.2 Å². The summed E-state index contributed by atoms with van der Waals surface area (Å²) in [6.07, 6.45) is -0.176. The fourth-order valence-corrected chi connectivity index (χ4v) is 2.71. The lowest BCUT2D eigenvalue weighted by molar-refractivity contribution is -0.122. The summed E-state index contributed by atoms with van der Waals surface area (Å²) < 4.78 is 10.9. The molecule has 0 aliphatic heterocycles. The summed E-state index contributed by atoms with van der Waals surface area (Å²) in [5, 5.41) is 2.79. The zero-order valence-corrected chi connectivity index (χ0v) is 17.2. The first-order valence-corrected chi connectivity index (χ1v) is 9.60. The van der Waals surface area contributed by atoms with Crippen molar-refractivity contribution in [2.24, 2.45) is 0 Å². The number of ether oxygens (including phenoxy) is 2. The summed E-state index contributed by atoms with van der Waals surface area (Å²) in [6, 6.07) is 14.6. The lowest BCUT2D eigenvalue weighted by Crippen LogP contribution is -2.33. The van der Waals surface area contributed by atoms with E-state index in [9.17, 15) is 9.59 Å². The Morgan fingerprint density at radius 3 is 2.21 bits per heavy atom. The highest BCUT2D eigenvalue weighted by molar-refractivity contribution is 6.02. The Morgan fingerprint density at radius 1 is 1.00 bits per heavy atom. The lowest BCUT2D eigenvalue weighted by Gasteiger charge is -2.21. The number of hydrogen-bond acceptors (Lipinski definition) is 4. The molecule has 0 spiro atoms. The van der Waals surface area contributed by atoms with Crippen LogP contribution in [0, 0.1) is 0 Å². The predicted molar refractivity (Wildman–Crippen MR) is 111 cm³/mol. The number of hydrogen-bond donors (Lipinski definition) is 1. The molecule has 0 aliphatic carbocycles.